The number of carboxylic acid groups (broad SMARTS) is 2. The minimum absolute atomic E-state index is 0.00389. The molecule has 0 spiro atoms. The normalized spacial score (nSPS) is 31.2. The molecule has 2 fully saturated rings. The van der Waals surface area contributed by atoms with E-state index < -0.39 is 59.2 Å². The van der Waals surface area contributed by atoms with Crippen molar-refractivity contribution in [1.82, 2.24) is 10.2 Å². The number of nitrogens with one attached hydrogen (secondary N) is 2. The first-order valence-electron chi connectivity index (χ1n) is 10.7. The summed E-state index contributed by atoms with van der Waals surface area (Å²) in [5.41, 5.74) is 0.126. The number of benzene rings is 1. The zero-order chi connectivity index (χ0) is 24.9. The number of rotatable bonds is 7. The van der Waals surface area contributed by atoms with Gasteiger partial charge in [0.2, 0.25) is 11.8 Å². The first-order chi connectivity index (χ1) is 16.0. The molecular formula is C22H25N3O8S. The van der Waals surface area contributed by atoms with Crippen LogP contribution in [-0.2, 0) is 14.4 Å². The third-order valence-corrected chi connectivity index (χ3v) is 8.08. The van der Waals surface area contributed by atoms with Crippen molar-refractivity contribution < 1.29 is 39.6 Å². The average Bonchev–Trinajstić information content (AvgIpc) is 3.24. The minimum Gasteiger partial charge on any atom is -0.478 e. The van der Waals surface area contributed by atoms with E-state index in [1.807, 2.05) is 0 Å². The molecule has 12 heteroatoms. The van der Waals surface area contributed by atoms with Gasteiger partial charge >= 0.3 is 11.9 Å². The highest BCUT2D eigenvalue weighted by atomic mass is 32.2. The molecule has 0 saturated carbocycles. The Hall–Kier alpha value is -2.93. The largest absolute Gasteiger partial charge is 0.478 e. The molecule has 3 aliphatic heterocycles. The molecule has 6 N–H and O–H groups in total. The van der Waals surface area contributed by atoms with Crippen molar-refractivity contribution in [2.75, 3.05) is 11.9 Å². The SMILES string of the molecule is C[C@@H](O)[C@H]1C(=O)N2C(C(=O)O)=C(S[C@@H]3CN[C@H](C(=O)Nc4cccc(C(=O)O)c4)C3O)[C@H](C)[C@H]12. The molecule has 0 radical (unpaired) electrons. The second-order valence-electron chi connectivity index (χ2n) is 8.68. The van der Waals surface area contributed by atoms with Crippen molar-refractivity contribution in [3.8, 4) is 0 Å². The molecule has 7 atom stereocenters. The summed E-state index contributed by atoms with van der Waals surface area (Å²) >= 11 is 1.12. The standard InChI is InChI=1S/C22H25N3O8S/c1-8-15-13(9(2)26)20(29)25(15)16(22(32)33)18(8)34-12-7-23-14(17(12)27)19(28)24-11-5-3-4-10(6-11)21(30)31/h3-6,8-9,12-15,17,23,26-27H,7H2,1-2H3,(H,24,28)(H,30,31)(H,32,33)/t8-,9-,12-,13-,14+,15-,17?/m1/s1. The van der Waals surface area contributed by atoms with E-state index in [2.05, 4.69) is 10.6 Å². The van der Waals surface area contributed by atoms with E-state index in [0.29, 0.717) is 4.91 Å². The number of aliphatic carboxylic acids is 1. The van der Waals surface area contributed by atoms with Crippen molar-refractivity contribution >= 4 is 41.2 Å². The van der Waals surface area contributed by atoms with Gasteiger partial charge in [0.25, 0.3) is 0 Å². The van der Waals surface area contributed by atoms with Crippen LogP contribution in [0.5, 0.6) is 0 Å². The third kappa shape index (κ3) is 3.96. The third-order valence-electron chi connectivity index (χ3n) is 6.51. The zero-order valence-electron chi connectivity index (χ0n) is 18.3. The van der Waals surface area contributed by atoms with E-state index in [0.717, 1.165) is 11.8 Å². The number of β-lactam (4-membered cyclic amide) rings is 1. The number of nitrogens with zero attached hydrogens (tertiary/aromatic N) is 1. The molecule has 0 bridgehead atoms. The van der Waals surface area contributed by atoms with Crippen LogP contribution in [0.1, 0.15) is 24.2 Å². The van der Waals surface area contributed by atoms with E-state index in [1.165, 1.54) is 36.1 Å². The molecule has 1 unspecified atom stereocenters. The molecule has 3 aliphatic rings. The highest BCUT2D eigenvalue weighted by molar-refractivity contribution is 8.03. The molecule has 2 amide bonds. The number of thioether (sulfide) groups is 1. The zero-order valence-corrected chi connectivity index (χ0v) is 19.2. The van der Waals surface area contributed by atoms with Gasteiger partial charge in [-0.1, -0.05) is 13.0 Å². The topological polar surface area (TPSA) is 176 Å². The number of aliphatic hydroxyl groups is 2. The number of carbonyl (C=O) groups excluding carboxylic acids is 2. The number of amides is 2. The van der Waals surface area contributed by atoms with E-state index in [-0.39, 0.29) is 29.4 Å². The number of hydrogen-bond acceptors (Lipinski definition) is 8. The summed E-state index contributed by atoms with van der Waals surface area (Å²) in [6, 6.07) is 4.25. The molecule has 11 nitrogen and oxygen atoms in total. The number of anilines is 1. The van der Waals surface area contributed by atoms with E-state index in [9.17, 15) is 34.5 Å². The molecule has 4 rings (SSSR count). The maximum Gasteiger partial charge on any atom is 0.353 e. The van der Waals surface area contributed by atoms with Crippen LogP contribution in [0.15, 0.2) is 34.9 Å². The van der Waals surface area contributed by atoms with Crippen molar-refractivity contribution in [2.45, 2.75) is 43.4 Å². The van der Waals surface area contributed by atoms with Crippen LogP contribution >= 0.6 is 11.8 Å². The lowest BCUT2D eigenvalue weighted by Crippen LogP contribution is -2.63. The lowest BCUT2D eigenvalue weighted by molar-refractivity contribution is -0.163. The Morgan fingerprint density at radius 1 is 1.24 bits per heavy atom. The van der Waals surface area contributed by atoms with Gasteiger partial charge in [0.15, 0.2) is 0 Å². The molecule has 1 aromatic rings. The fourth-order valence-corrected chi connectivity index (χ4v) is 6.30. The van der Waals surface area contributed by atoms with Crippen LogP contribution in [0.2, 0.25) is 0 Å². The summed E-state index contributed by atoms with van der Waals surface area (Å²) in [7, 11) is 0. The smallest absolute Gasteiger partial charge is 0.353 e. The predicted octanol–water partition coefficient (Wildman–Crippen LogP) is -0.0885. The molecule has 0 aliphatic carbocycles. The lowest BCUT2D eigenvalue weighted by Gasteiger charge is -2.46. The van der Waals surface area contributed by atoms with Crippen molar-refractivity contribution in [1.29, 1.82) is 0 Å². The van der Waals surface area contributed by atoms with Gasteiger partial charge in [-0.25, -0.2) is 9.59 Å². The first kappa shape index (κ1) is 24.2. The van der Waals surface area contributed by atoms with Gasteiger partial charge in [-0.2, -0.15) is 0 Å². The Balaban J connectivity index is 1.48. The second kappa shape index (κ2) is 9.02. The number of aliphatic hydroxyl groups excluding tert-OH is 2. The van der Waals surface area contributed by atoms with E-state index in [1.54, 1.807) is 6.92 Å². The lowest BCUT2D eigenvalue weighted by atomic mass is 9.79. The number of fused-ring (bicyclic) bond motifs is 1. The molecular weight excluding hydrogens is 466 g/mol. The predicted molar refractivity (Wildman–Crippen MR) is 121 cm³/mol. The van der Waals surface area contributed by atoms with Gasteiger partial charge in [0, 0.05) is 28.3 Å². The number of hydrogen-bond donors (Lipinski definition) is 6. The molecule has 2 saturated heterocycles. The van der Waals surface area contributed by atoms with E-state index >= 15 is 0 Å². The quantitative estimate of drug-likeness (QED) is 0.283. The summed E-state index contributed by atoms with van der Waals surface area (Å²) in [6.07, 6.45) is -2.08. The summed E-state index contributed by atoms with van der Waals surface area (Å²) in [5.74, 6) is -4.44. The van der Waals surface area contributed by atoms with Crippen LogP contribution in [0.4, 0.5) is 5.69 Å². The van der Waals surface area contributed by atoms with Crippen molar-refractivity contribution in [3.63, 3.8) is 0 Å². The molecule has 0 aromatic heterocycles. The van der Waals surface area contributed by atoms with Crippen molar-refractivity contribution in [2.24, 2.45) is 11.8 Å². The van der Waals surface area contributed by atoms with Crippen LogP contribution < -0.4 is 10.6 Å². The average molecular weight is 492 g/mol. The monoisotopic (exact) mass is 491 g/mol. The summed E-state index contributed by atoms with van der Waals surface area (Å²) in [5, 5.41) is 44.6. The number of aromatic carboxylic acids is 1. The number of carboxylic acids is 2. The fraction of sp³-hybridized carbons (Fsp3) is 0.455. The minimum atomic E-state index is -1.26. The van der Waals surface area contributed by atoms with Crippen LogP contribution in [-0.4, -0.2) is 85.2 Å². The van der Waals surface area contributed by atoms with Crippen LogP contribution in [0.3, 0.4) is 0 Å². The number of carbonyl (C=O) groups is 4. The molecule has 1 aromatic carbocycles. The Bertz CT molecular complexity index is 1090. The second-order valence-corrected chi connectivity index (χ2v) is 9.96. The summed E-state index contributed by atoms with van der Waals surface area (Å²) in [6.45, 7) is 3.49. The van der Waals surface area contributed by atoms with Crippen LogP contribution in [0.25, 0.3) is 0 Å². The van der Waals surface area contributed by atoms with Gasteiger partial charge in [-0.05, 0) is 25.1 Å². The highest BCUT2D eigenvalue weighted by Gasteiger charge is 2.60. The first-order valence-corrected chi connectivity index (χ1v) is 11.6. The maximum atomic E-state index is 12.7. The maximum absolute atomic E-state index is 12.7. The molecule has 182 valence electrons. The Labute approximate surface area is 198 Å². The Morgan fingerprint density at radius 3 is 2.56 bits per heavy atom. The van der Waals surface area contributed by atoms with Crippen LogP contribution in [0, 0.1) is 11.8 Å². The Kier molecular flexibility index (Phi) is 6.42. The van der Waals surface area contributed by atoms with Gasteiger partial charge in [0.1, 0.15) is 11.7 Å². The summed E-state index contributed by atoms with van der Waals surface area (Å²) in [4.78, 5) is 49.9. The van der Waals surface area contributed by atoms with Gasteiger partial charge in [0.05, 0.1) is 29.7 Å². The van der Waals surface area contributed by atoms with E-state index in [4.69, 9.17) is 5.11 Å². The summed E-state index contributed by atoms with van der Waals surface area (Å²) < 4.78 is 0. The van der Waals surface area contributed by atoms with Gasteiger partial charge in [-0.3, -0.25) is 9.59 Å². The van der Waals surface area contributed by atoms with Gasteiger partial charge in [-0.15, -0.1) is 11.8 Å². The molecule has 3 heterocycles. The van der Waals surface area contributed by atoms with Crippen molar-refractivity contribution in [3.05, 3.63) is 40.4 Å². The highest BCUT2D eigenvalue weighted by Crippen LogP contribution is 2.51. The Morgan fingerprint density at radius 2 is 1.94 bits per heavy atom. The molecule has 34 heavy (non-hydrogen) atoms. The fourth-order valence-electron chi connectivity index (χ4n) is 4.85. The van der Waals surface area contributed by atoms with Gasteiger partial charge < -0.3 is 36.0 Å².